The fourth-order valence-electron chi connectivity index (χ4n) is 1.50. The van der Waals surface area contributed by atoms with Crippen molar-refractivity contribution in [2.45, 2.75) is 38.1 Å². The first-order valence-corrected chi connectivity index (χ1v) is 4.09. The van der Waals surface area contributed by atoms with Crippen LogP contribution in [0.25, 0.3) is 0 Å². The molecular weight excluding hydrogens is 142 g/mol. The van der Waals surface area contributed by atoms with E-state index >= 15 is 0 Å². The molecule has 1 saturated carbocycles. The molecular formula is C8H15NO2. The van der Waals surface area contributed by atoms with E-state index in [0.717, 1.165) is 19.3 Å². The Kier molecular flexibility index (Phi) is 2.18. The molecule has 1 rings (SSSR count). The molecule has 0 heterocycles. The number of hydrogen-bond donors (Lipinski definition) is 2. The first-order valence-electron chi connectivity index (χ1n) is 4.09. The molecule has 3 N–H and O–H groups in total. The smallest absolute Gasteiger partial charge is 0.305 e. The van der Waals surface area contributed by atoms with E-state index in [1.54, 1.807) is 0 Å². The van der Waals surface area contributed by atoms with Crippen LogP contribution >= 0.6 is 0 Å². The summed E-state index contributed by atoms with van der Waals surface area (Å²) in [6.45, 7) is 1.96. The van der Waals surface area contributed by atoms with E-state index in [-0.39, 0.29) is 6.42 Å². The van der Waals surface area contributed by atoms with Crippen molar-refractivity contribution in [1.29, 1.82) is 0 Å². The molecule has 0 bridgehead atoms. The number of carboxylic acid groups (broad SMARTS) is 1. The molecule has 1 aliphatic carbocycles. The van der Waals surface area contributed by atoms with E-state index in [2.05, 4.69) is 0 Å². The van der Waals surface area contributed by atoms with Gasteiger partial charge in [-0.05, 0) is 25.2 Å². The molecule has 3 nitrogen and oxygen atoms in total. The van der Waals surface area contributed by atoms with Gasteiger partial charge in [0.1, 0.15) is 0 Å². The van der Waals surface area contributed by atoms with Gasteiger partial charge in [0.2, 0.25) is 0 Å². The SMILES string of the molecule is CCC(N)(CC(=O)O)C1CC1. The van der Waals surface area contributed by atoms with E-state index in [4.69, 9.17) is 10.8 Å². The molecule has 3 heteroatoms. The van der Waals surface area contributed by atoms with Crippen LogP contribution in [0.1, 0.15) is 32.6 Å². The topological polar surface area (TPSA) is 63.3 Å². The van der Waals surface area contributed by atoms with E-state index in [1.165, 1.54) is 0 Å². The van der Waals surface area contributed by atoms with Crippen molar-refractivity contribution in [3.63, 3.8) is 0 Å². The van der Waals surface area contributed by atoms with Crippen molar-refractivity contribution in [3.05, 3.63) is 0 Å². The third-order valence-corrected chi connectivity index (χ3v) is 2.53. The minimum absolute atomic E-state index is 0.119. The van der Waals surface area contributed by atoms with Gasteiger partial charge in [0.25, 0.3) is 0 Å². The Labute approximate surface area is 66.6 Å². The predicted molar refractivity (Wildman–Crippen MR) is 42.2 cm³/mol. The number of carbonyl (C=O) groups is 1. The van der Waals surface area contributed by atoms with E-state index in [0.29, 0.717) is 5.92 Å². The summed E-state index contributed by atoms with van der Waals surface area (Å²) >= 11 is 0. The van der Waals surface area contributed by atoms with Crippen LogP contribution in [-0.4, -0.2) is 16.6 Å². The number of carboxylic acids is 1. The molecule has 0 aromatic carbocycles. The number of hydrogen-bond acceptors (Lipinski definition) is 2. The summed E-state index contributed by atoms with van der Waals surface area (Å²) in [5.74, 6) is -0.315. The van der Waals surface area contributed by atoms with Crippen molar-refractivity contribution < 1.29 is 9.90 Å². The number of aliphatic carboxylic acids is 1. The van der Waals surface area contributed by atoms with Gasteiger partial charge in [-0.2, -0.15) is 0 Å². The minimum atomic E-state index is -0.777. The van der Waals surface area contributed by atoms with Gasteiger partial charge < -0.3 is 10.8 Å². The molecule has 1 fully saturated rings. The Morgan fingerprint density at radius 3 is 2.55 bits per heavy atom. The van der Waals surface area contributed by atoms with E-state index in [1.807, 2.05) is 6.92 Å². The molecule has 0 radical (unpaired) electrons. The molecule has 0 saturated heterocycles. The lowest BCUT2D eigenvalue weighted by Crippen LogP contribution is -2.43. The van der Waals surface area contributed by atoms with Crippen LogP contribution in [0.4, 0.5) is 0 Å². The highest BCUT2D eigenvalue weighted by molar-refractivity contribution is 5.68. The van der Waals surface area contributed by atoms with Gasteiger partial charge in [-0.1, -0.05) is 6.92 Å². The molecule has 1 aliphatic rings. The van der Waals surface area contributed by atoms with Crippen molar-refractivity contribution >= 4 is 5.97 Å². The van der Waals surface area contributed by atoms with Crippen molar-refractivity contribution in [2.24, 2.45) is 11.7 Å². The van der Waals surface area contributed by atoms with Gasteiger partial charge in [0.05, 0.1) is 6.42 Å². The maximum atomic E-state index is 10.4. The summed E-state index contributed by atoms with van der Waals surface area (Å²) in [5, 5.41) is 8.58. The zero-order valence-electron chi connectivity index (χ0n) is 6.84. The highest BCUT2D eigenvalue weighted by Gasteiger charge is 2.42. The van der Waals surface area contributed by atoms with Crippen molar-refractivity contribution in [2.75, 3.05) is 0 Å². The lowest BCUT2D eigenvalue weighted by Gasteiger charge is -2.25. The average Bonchev–Trinajstić information content (AvgIpc) is 2.66. The molecule has 11 heavy (non-hydrogen) atoms. The van der Waals surface area contributed by atoms with Gasteiger partial charge in [0, 0.05) is 5.54 Å². The van der Waals surface area contributed by atoms with Crippen molar-refractivity contribution in [3.8, 4) is 0 Å². The lowest BCUT2D eigenvalue weighted by atomic mass is 9.88. The fraction of sp³-hybridized carbons (Fsp3) is 0.875. The van der Waals surface area contributed by atoms with Crippen LogP contribution < -0.4 is 5.73 Å². The van der Waals surface area contributed by atoms with Crippen LogP contribution in [0, 0.1) is 5.92 Å². The zero-order chi connectivity index (χ0) is 8.48. The number of nitrogens with two attached hydrogens (primary N) is 1. The standard InChI is InChI=1S/C8H15NO2/c1-2-8(9,5-7(10)11)6-3-4-6/h6H,2-5,9H2,1H3,(H,10,11). The Hall–Kier alpha value is -0.570. The lowest BCUT2D eigenvalue weighted by molar-refractivity contribution is -0.138. The van der Waals surface area contributed by atoms with Crippen LogP contribution in [-0.2, 0) is 4.79 Å². The average molecular weight is 157 g/mol. The fourth-order valence-corrected chi connectivity index (χ4v) is 1.50. The third kappa shape index (κ3) is 1.93. The summed E-state index contributed by atoms with van der Waals surface area (Å²) in [6.07, 6.45) is 3.10. The summed E-state index contributed by atoms with van der Waals surface area (Å²) in [7, 11) is 0. The second-order valence-corrected chi connectivity index (χ2v) is 3.43. The Morgan fingerprint density at radius 1 is 1.73 bits per heavy atom. The normalized spacial score (nSPS) is 22.7. The maximum absolute atomic E-state index is 10.4. The monoisotopic (exact) mass is 157 g/mol. The second kappa shape index (κ2) is 2.81. The van der Waals surface area contributed by atoms with E-state index < -0.39 is 11.5 Å². The molecule has 0 amide bonds. The van der Waals surface area contributed by atoms with Gasteiger partial charge in [-0.25, -0.2) is 0 Å². The van der Waals surface area contributed by atoms with Gasteiger partial charge >= 0.3 is 5.97 Å². The van der Waals surface area contributed by atoms with Crippen LogP contribution in [0.3, 0.4) is 0 Å². The summed E-state index contributed by atoms with van der Waals surface area (Å²) in [4.78, 5) is 10.4. The predicted octanol–water partition coefficient (Wildman–Crippen LogP) is 0.979. The van der Waals surface area contributed by atoms with Gasteiger partial charge in [-0.15, -0.1) is 0 Å². The van der Waals surface area contributed by atoms with Crippen molar-refractivity contribution in [1.82, 2.24) is 0 Å². The first-order chi connectivity index (χ1) is 5.08. The molecule has 1 unspecified atom stereocenters. The quantitative estimate of drug-likeness (QED) is 0.639. The molecule has 0 aromatic rings. The van der Waals surface area contributed by atoms with Gasteiger partial charge in [-0.3, -0.25) is 4.79 Å². The first kappa shape index (κ1) is 8.53. The second-order valence-electron chi connectivity index (χ2n) is 3.43. The number of rotatable bonds is 4. The van der Waals surface area contributed by atoms with Gasteiger partial charge in [0.15, 0.2) is 0 Å². The van der Waals surface area contributed by atoms with Crippen LogP contribution in [0.2, 0.25) is 0 Å². The largest absolute Gasteiger partial charge is 0.481 e. The summed E-state index contributed by atoms with van der Waals surface area (Å²) < 4.78 is 0. The Bertz CT molecular complexity index is 165. The highest BCUT2D eigenvalue weighted by atomic mass is 16.4. The molecule has 0 spiro atoms. The molecule has 0 aromatic heterocycles. The minimum Gasteiger partial charge on any atom is -0.481 e. The summed E-state index contributed by atoms with van der Waals surface area (Å²) in [6, 6.07) is 0. The Morgan fingerprint density at radius 2 is 2.27 bits per heavy atom. The molecule has 0 aliphatic heterocycles. The molecule has 64 valence electrons. The molecule has 1 atom stereocenters. The highest BCUT2D eigenvalue weighted by Crippen LogP contribution is 2.41. The zero-order valence-corrected chi connectivity index (χ0v) is 6.84. The van der Waals surface area contributed by atoms with Crippen LogP contribution in [0.5, 0.6) is 0 Å². The Balaban J connectivity index is 2.51. The third-order valence-electron chi connectivity index (χ3n) is 2.53. The van der Waals surface area contributed by atoms with Crippen LogP contribution in [0.15, 0.2) is 0 Å². The summed E-state index contributed by atoms with van der Waals surface area (Å²) in [5.41, 5.74) is 5.50. The maximum Gasteiger partial charge on any atom is 0.305 e. The van der Waals surface area contributed by atoms with E-state index in [9.17, 15) is 4.79 Å².